The normalized spacial score (nSPS) is 10.8. The van der Waals surface area contributed by atoms with E-state index in [4.69, 9.17) is 10.5 Å². The van der Waals surface area contributed by atoms with Crippen molar-refractivity contribution in [2.45, 2.75) is 0 Å². The second-order valence-electron chi connectivity index (χ2n) is 2.49. The Bertz CT molecular complexity index is 268. The Morgan fingerprint density at radius 1 is 1.42 bits per heavy atom. The van der Waals surface area contributed by atoms with Crippen LogP contribution in [0.3, 0.4) is 0 Å². The average molecular weight is 163 g/mol. The van der Waals surface area contributed by atoms with E-state index in [2.05, 4.69) is 0 Å². The molecule has 0 saturated heterocycles. The van der Waals surface area contributed by atoms with Crippen LogP contribution in [-0.2, 0) is 4.74 Å². The molecule has 0 saturated carbocycles. The van der Waals surface area contributed by atoms with Gasteiger partial charge in [0.1, 0.15) is 0 Å². The number of nitrogens with two attached hydrogens (primary N) is 1. The highest BCUT2D eigenvalue weighted by atomic mass is 16.5. The Labute approximate surface area is 72.7 Å². The summed E-state index contributed by atoms with van der Waals surface area (Å²) in [5.41, 5.74) is 7.54. The summed E-state index contributed by atoms with van der Waals surface area (Å²) in [6.07, 6.45) is 3.89. The molecular formula is C10H13NO. The Morgan fingerprint density at radius 2 is 2.17 bits per heavy atom. The molecule has 2 nitrogen and oxygen atoms in total. The molecule has 0 atom stereocenters. The van der Waals surface area contributed by atoms with Gasteiger partial charge in [-0.2, -0.15) is 0 Å². The molecule has 0 spiro atoms. The molecule has 1 aromatic carbocycles. The van der Waals surface area contributed by atoms with Gasteiger partial charge in [-0.1, -0.05) is 30.4 Å². The molecule has 0 aromatic heterocycles. The first-order chi connectivity index (χ1) is 5.84. The average Bonchev–Trinajstić information content (AvgIpc) is 2.09. The molecule has 0 radical (unpaired) electrons. The van der Waals surface area contributed by atoms with Gasteiger partial charge in [0.25, 0.3) is 0 Å². The minimum Gasteiger partial charge on any atom is -0.398 e. The fraction of sp³-hybridized carbons (Fsp3) is 0.200. The number of benzene rings is 1. The van der Waals surface area contributed by atoms with Crippen molar-refractivity contribution in [2.75, 3.05) is 19.5 Å². The van der Waals surface area contributed by atoms with Gasteiger partial charge in [0, 0.05) is 12.8 Å². The third-order valence-corrected chi connectivity index (χ3v) is 1.56. The van der Waals surface area contributed by atoms with E-state index in [1.807, 2.05) is 36.4 Å². The van der Waals surface area contributed by atoms with Crippen molar-refractivity contribution < 1.29 is 4.74 Å². The van der Waals surface area contributed by atoms with Crippen LogP contribution in [0.2, 0.25) is 0 Å². The fourth-order valence-corrected chi connectivity index (χ4v) is 0.934. The fourth-order valence-electron chi connectivity index (χ4n) is 0.934. The lowest BCUT2D eigenvalue weighted by Crippen LogP contribution is -1.88. The summed E-state index contributed by atoms with van der Waals surface area (Å²) < 4.78 is 4.88. The van der Waals surface area contributed by atoms with E-state index in [1.54, 1.807) is 7.11 Å². The standard InChI is InChI=1S/C10H13NO/c1-12-8-4-6-9-5-2-3-7-10(9)11/h2-7H,8,11H2,1H3/b6-4+. The molecule has 0 amide bonds. The maximum Gasteiger partial charge on any atom is 0.0646 e. The first-order valence-corrected chi connectivity index (χ1v) is 3.84. The highest BCUT2D eigenvalue weighted by molar-refractivity contribution is 5.63. The number of para-hydroxylation sites is 1. The van der Waals surface area contributed by atoms with Gasteiger partial charge < -0.3 is 10.5 Å². The SMILES string of the molecule is COC/C=C/c1ccccc1N. The van der Waals surface area contributed by atoms with Gasteiger partial charge in [-0.3, -0.25) is 0 Å². The summed E-state index contributed by atoms with van der Waals surface area (Å²) in [6.45, 7) is 0.619. The van der Waals surface area contributed by atoms with Crippen LogP contribution in [0.1, 0.15) is 5.56 Å². The highest BCUT2D eigenvalue weighted by Crippen LogP contribution is 2.11. The molecule has 0 aliphatic rings. The van der Waals surface area contributed by atoms with Crippen molar-refractivity contribution in [3.63, 3.8) is 0 Å². The number of hydrogen-bond donors (Lipinski definition) is 1. The zero-order chi connectivity index (χ0) is 8.81. The van der Waals surface area contributed by atoms with Crippen LogP contribution < -0.4 is 5.73 Å². The highest BCUT2D eigenvalue weighted by Gasteiger charge is 1.89. The Hall–Kier alpha value is -1.28. The summed E-state index contributed by atoms with van der Waals surface area (Å²) in [7, 11) is 1.67. The molecule has 0 bridgehead atoms. The van der Waals surface area contributed by atoms with Crippen molar-refractivity contribution in [1.29, 1.82) is 0 Å². The van der Waals surface area contributed by atoms with E-state index < -0.39 is 0 Å². The van der Waals surface area contributed by atoms with Crippen LogP contribution in [0.25, 0.3) is 6.08 Å². The summed E-state index contributed by atoms with van der Waals surface area (Å²) in [6, 6.07) is 7.74. The Kier molecular flexibility index (Phi) is 3.35. The molecule has 1 aromatic rings. The number of ether oxygens (including phenoxy) is 1. The zero-order valence-corrected chi connectivity index (χ0v) is 7.16. The predicted molar refractivity (Wildman–Crippen MR) is 51.8 cm³/mol. The quantitative estimate of drug-likeness (QED) is 0.691. The van der Waals surface area contributed by atoms with Crippen LogP contribution in [0.15, 0.2) is 30.3 Å². The third-order valence-electron chi connectivity index (χ3n) is 1.56. The molecule has 0 aliphatic carbocycles. The molecule has 1 rings (SSSR count). The number of nitrogen functional groups attached to an aromatic ring is 1. The minimum absolute atomic E-state index is 0.619. The molecular weight excluding hydrogens is 150 g/mol. The summed E-state index contributed by atoms with van der Waals surface area (Å²) in [5, 5.41) is 0. The smallest absolute Gasteiger partial charge is 0.0646 e. The first kappa shape index (κ1) is 8.81. The second kappa shape index (κ2) is 4.57. The number of rotatable bonds is 3. The van der Waals surface area contributed by atoms with E-state index in [1.165, 1.54) is 0 Å². The van der Waals surface area contributed by atoms with Crippen LogP contribution in [-0.4, -0.2) is 13.7 Å². The third kappa shape index (κ3) is 2.40. The van der Waals surface area contributed by atoms with Crippen molar-refractivity contribution in [3.8, 4) is 0 Å². The largest absolute Gasteiger partial charge is 0.398 e. The maximum absolute atomic E-state index is 5.71. The minimum atomic E-state index is 0.619. The van der Waals surface area contributed by atoms with Crippen molar-refractivity contribution in [1.82, 2.24) is 0 Å². The molecule has 2 N–H and O–H groups in total. The van der Waals surface area contributed by atoms with Crippen molar-refractivity contribution in [2.24, 2.45) is 0 Å². The molecule has 2 heteroatoms. The maximum atomic E-state index is 5.71. The summed E-state index contributed by atoms with van der Waals surface area (Å²) in [5.74, 6) is 0. The van der Waals surface area contributed by atoms with Crippen LogP contribution in [0.5, 0.6) is 0 Å². The predicted octanol–water partition coefficient (Wildman–Crippen LogP) is 1.93. The molecule has 64 valence electrons. The molecule has 12 heavy (non-hydrogen) atoms. The molecule has 0 unspecified atom stereocenters. The Balaban J connectivity index is 2.68. The van der Waals surface area contributed by atoms with Gasteiger partial charge >= 0.3 is 0 Å². The van der Waals surface area contributed by atoms with E-state index in [0.29, 0.717) is 6.61 Å². The van der Waals surface area contributed by atoms with E-state index in [0.717, 1.165) is 11.3 Å². The van der Waals surface area contributed by atoms with E-state index in [9.17, 15) is 0 Å². The topological polar surface area (TPSA) is 35.2 Å². The zero-order valence-electron chi connectivity index (χ0n) is 7.16. The van der Waals surface area contributed by atoms with Gasteiger partial charge in [-0.15, -0.1) is 0 Å². The van der Waals surface area contributed by atoms with Gasteiger partial charge in [-0.05, 0) is 11.6 Å². The summed E-state index contributed by atoms with van der Waals surface area (Å²) >= 11 is 0. The molecule has 0 heterocycles. The number of methoxy groups -OCH3 is 1. The molecule has 0 aliphatic heterocycles. The van der Waals surface area contributed by atoms with Gasteiger partial charge in [0.2, 0.25) is 0 Å². The lowest BCUT2D eigenvalue weighted by atomic mass is 10.2. The summed E-state index contributed by atoms with van der Waals surface area (Å²) in [4.78, 5) is 0. The van der Waals surface area contributed by atoms with Crippen LogP contribution in [0.4, 0.5) is 5.69 Å². The first-order valence-electron chi connectivity index (χ1n) is 3.84. The second-order valence-corrected chi connectivity index (χ2v) is 2.49. The molecule has 0 fully saturated rings. The monoisotopic (exact) mass is 163 g/mol. The van der Waals surface area contributed by atoms with Crippen LogP contribution in [0, 0.1) is 0 Å². The van der Waals surface area contributed by atoms with Crippen molar-refractivity contribution >= 4 is 11.8 Å². The van der Waals surface area contributed by atoms with Gasteiger partial charge in [0.15, 0.2) is 0 Å². The lowest BCUT2D eigenvalue weighted by Gasteiger charge is -1.97. The number of hydrogen-bond acceptors (Lipinski definition) is 2. The Morgan fingerprint density at radius 3 is 2.83 bits per heavy atom. The van der Waals surface area contributed by atoms with E-state index in [-0.39, 0.29) is 0 Å². The van der Waals surface area contributed by atoms with Crippen LogP contribution >= 0.6 is 0 Å². The number of anilines is 1. The van der Waals surface area contributed by atoms with Crippen molar-refractivity contribution in [3.05, 3.63) is 35.9 Å². The lowest BCUT2D eigenvalue weighted by molar-refractivity contribution is 0.234. The van der Waals surface area contributed by atoms with Gasteiger partial charge in [0.05, 0.1) is 6.61 Å². The van der Waals surface area contributed by atoms with Gasteiger partial charge in [-0.25, -0.2) is 0 Å². The van der Waals surface area contributed by atoms with E-state index >= 15 is 0 Å².